The lowest BCUT2D eigenvalue weighted by atomic mass is 9.92. The fraction of sp³-hybridized carbons (Fsp3) is 0.429. The van der Waals surface area contributed by atoms with Gasteiger partial charge < -0.3 is 14.9 Å². The summed E-state index contributed by atoms with van der Waals surface area (Å²) in [7, 11) is 1.22. The molecule has 0 saturated carbocycles. The van der Waals surface area contributed by atoms with Crippen LogP contribution in [0.2, 0.25) is 0 Å². The van der Waals surface area contributed by atoms with Crippen molar-refractivity contribution >= 4 is 5.97 Å². The number of nitrogens with zero attached hydrogens (tertiary/aromatic N) is 1. The summed E-state index contributed by atoms with van der Waals surface area (Å²) in [5, 5.41) is 28.8. The standard InChI is InChI=1S/C14H17NO4/c1-8-4-10(7-15)5-9(2)13(8)14(18)11(16)6-12(17)19-3/h4-5,11,14,16,18H,6H2,1-3H3. The molecule has 102 valence electrons. The Morgan fingerprint density at radius 3 is 2.32 bits per heavy atom. The van der Waals surface area contributed by atoms with Crippen molar-refractivity contribution in [2.24, 2.45) is 0 Å². The van der Waals surface area contributed by atoms with Crippen molar-refractivity contribution in [1.82, 2.24) is 0 Å². The van der Waals surface area contributed by atoms with E-state index < -0.39 is 18.2 Å². The van der Waals surface area contributed by atoms with Gasteiger partial charge in [-0.15, -0.1) is 0 Å². The molecule has 2 N–H and O–H groups in total. The number of hydrogen-bond donors (Lipinski definition) is 2. The zero-order valence-corrected chi connectivity index (χ0v) is 11.2. The summed E-state index contributed by atoms with van der Waals surface area (Å²) in [6, 6.07) is 5.30. The summed E-state index contributed by atoms with van der Waals surface area (Å²) in [4.78, 5) is 11.1. The van der Waals surface area contributed by atoms with Crippen LogP contribution in [0, 0.1) is 25.2 Å². The zero-order valence-electron chi connectivity index (χ0n) is 11.2. The van der Waals surface area contributed by atoms with Crippen LogP contribution in [0.25, 0.3) is 0 Å². The van der Waals surface area contributed by atoms with E-state index in [4.69, 9.17) is 5.26 Å². The van der Waals surface area contributed by atoms with Crippen LogP contribution < -0.4 is 0 Å². The van der Waals surface area contributed by atoms with E-state index in [1.165, 1.54) is 7.11 Å². The van der Waals surface area contributed by atoms with Gasteiger partial charge in [0.05, 0.1) is 31.3 Å². The van der Waals surface area contributed by atoms with Crippen molar-refractivity contribution in [3.05, 3.63) is 34.4 Å². The van der Waals surface area contributed by atoms with Crippen molar-refractivity contribution in [2.75, 3.05) is 7.11 Å². The molecule has 0 saturated heterocycles. The van der Waals surface area contributed by atoms with Crippen molar-refractivity contribution in [3.8, 4) is 6.07 Å². The molecule has 0 radical (unpaired) electrons. The highest BCUT2D eigenvalue weighted by Gasteiger charge is 2.24. The number of aliphatic hydroxyl groups is 2. The number of hydrogen-bond acceptors (Lipinski definition) is 5. The van der Waals surface area contributed by atoms with E-state index in [1.54, 1.807) is 26.0 Å². The second-order valence-corrected chi connectivity index (χ2v) is 4.43. The largest absolute Gasteiger partial charge is 0.469 e. The molecule has 0 bridgehead atoms. The van der Waals surface area contributed by atoms with E-state index in [-0.39, 0.29) is 6.42 Å². The lowest BCUT2D eigenvalue weighted by Crippen LogP contribution is -2.24. The fourth-order valence-corrected chi connectivity index (χ4v) is 2.06. The minimum atomic E-state index is -1.24. The molecule has 1 aromatic carbocycles. The number of esters is 1. The molecule has 1 rings (SSSR count). The van der Waals surface area contributed by atoms with Gasteiger partial charge in [0, 0.05) is 0 Å². The molecule has 0 aliphatic heterocycles. The third-order valence-electron chi connectivity index (χ3n) is 2.99. The van der Waals surface area contributed by atoms with Gasteiger partial charge in [0.15, 0.2) is 0 Å². The molecular formula is C14H17NO4. The van der Waals surface area contributed by atoms with E-state index in [2.05, 4.69) is 4.74 Å². The quantitative estimate of drug-likeness (QED) is 0.795. The maximum absolute atomic E-state index is 11.1. The Morgan fingerprint density at radius 1 is 1.37 bits per heavy atom. The van der Waals surface area contributed by atoms with Gasteiger partial charge in [-0.2, -0.15) is 5.26 Å². The SMILES string of the molecule is COC(=O)CC(O)C(O)c1c(C)cc(C#N)cc1C. The van der Waals surface area contributed by atoms with Crippen molar-refractivity contribution in [2.45, 2.75) is 32.5 Å². The first-order chi connectivity index (χ1) is 8.90. The first-order valence-electron chi connectivity index (χ1n) is 5.85. The minimum absolute atomic E-state index is 0.281. The molecule has 0 heterocycles. The Labute approximate surface area is 112 Å². The van der Waals surface area contributed by atoms with Crippen LogP contribution in [-0.4, -0.2) is 29.4 Å². The molecular weight excluding hydrogens is 246 g/mol. The lowest BCUT2D eigenvalue weighted by molar-refractivity contribution is -0.144. The van der Waals surface area contributed by atoms with Gasteiger partial charge in [-0.25, -0.2) is 0 Å². The third-order valence-corrected chi connectivity index (χ3v) is 2.99. The summed E-state index contributed by atoms with van der Waals surface area (Å²) >= 11 is 0. The molecule has 5 heteroatoms. The maximum Gasteiger partial charge on any atom is 0.308 e. The molecule has 2 unspecified atom stereocenters. The summed E-state index contributed by atoms with van der Waals surface area (Å²) in [6.07, 6.45) is -2.71. The number of rotatable bonds is 4. The molecule has 2 atom stereocenters. The molecule has 0 amide bonds. The number of methoxy groups -OCH3 is 1. The second kappa shape index (κ2) is 6.32. The number of ether oxygens (including phenoxy) is 1. The molecule has 0 spiro atoms. The van der Waals surface area contributed by atoms with E-state index >= 15 is 0 Å². The first-order valence-corrected chi connectivity index (χ1v) is 5.85. The van der Waals surface area contributed by atoms with Crippen LogP contribution in [0.15, 0.2) is 12.1 Å². The Bertz CT molecular complexity index is 496. The van der Waals surface area contributed by atoms with Gasteiger partial charge in [-0.1, -0.05) is 0 Å². The first kappa shape index (κ1) is 15.2. The van der Waals surface area contributed by atoms with Crippen LogP contribution in [0.3, 0.4) is 0 Å². The highest BCUT2D eigenvalue weighted by Crippen LogP contribution is 2.27. The van der Waals surface area contributed by atoms with E-state index in [0.717, 1.165) is 0 Å². The maximum atomic E-state index is 11.1. The summed E-state index contributed by atoms with van der Waals surface area (Å²) in [5.41, 5.74) is 2.43. The summed E-state index contributed by atoms with van der Waals surface area (Å²) < 4.78 is 4.45. The van der Waals surface area contributed by atoms with Crippen molar-refractivity contribution in [3.63, 3.8) is 0 Å². The van der Waals surface area contributed by atoms with Gasteiger partial charge in [-0.3, -0.25) is 4.79 Å². The number of aliphatic hydroxyl groups excluding tert-OH is 2. The Balaban J connectivity index is 3.03. The van der Waals surface area contributed by atoms with Crippen LogP contribution in [0.5, 0.6) is 0 Å². The van der Waals surface area contributed by atoms with Crippen LogP contribution in [-0.2, 0) is 9.53 Å². The van der Waals surface area contributed by atoms with Gasteiger partial charge in [-0.05, 0) is 42.7 Å². The predicted octanol–water partition coefficient (Wildman–Crippen LogP) is 1.13. The highest BCUT2D eigenvalue weighted by atomic mass is 16.5. The number of nitriles is 1. The van der Waals surface area contributed by atoms with Gasteiger partial charge in [0.25, 0.3) is 0 Å². The third kappa shape index (κ3) is 3.53. The molecule has 0 aliphatic rings. The van der Waals surface area contributed by atoms with Gasteiger partial charge >= 0.3 is 5.97 Å². The molecule has 0 aliphatic carbocycles. The van der Waals surface area contributed by atoms with Gasteiger partial charge in [0.2, 0.25) is 0 Å². The summed E-state index contributed by atoms with van der Waals surface area (Å²) in [5.74, 6) is -0.587. The van der Waals surface area contributed by atoms with E-state index in [0.29, 0.717) is 22.3 Å². The molecule has 0 fully saturated rings. The zero-order chi connectivity index (χ0) is 14.6. The predicted molar refractivity (Wildman–Crippen MR) is 68.2 cm³/mol. The Hall–Kier alpha value is -1.90. The van der Waals surface area contributed by atoms with Crippen LogP contribution in [0.1, 0.15) is 34.8 Å². The topological polar surface area (TPSA) is 90.6 Å². The smallest absolute Gasteiger partial charge is 0.308 e. The van der Waals surface area contributed by atoms with Crippen molar-refractivity contribution < 1.29 is 19.7 Å². The molecule has 0 aromatic heterocycles. The highest BCUT2D eigenvalue weighted by molar-refractivity contribution is 5.69. The average molecular weight is 263 g/mol. The normalized spacial score (nSPS) is 13.5. The number of benzene rings is 1. The number of carbonyl (C=O) groups is 1. The Kier molecular flexibility index (Phi) is 5.04. The second-order valence-electron chi connectivity index (χ2n) is 4.43. The molecule has 5 nitrogen and oxygen atoms in total. The molecule has 1 aromatic rings. The van der Waals surface area contributed by atoms with E-state index in [9.17, 15) is 15.0 Å². The van der Waals surface area contributed by atoms with E-state index in [1.807, 2.05) is 6.07 Å². The lowest BCUT2D eigenvalue weighted by Gasteiger charge is -2.21. The van der Waals surface area contributed by atoms with Crippen molar-refractivity contribution in [1.29, 1.82) is 5.26 Å². The monoisotopic (exact) mass is 263 g/mol. The Morgan fingerprint density at radius 2 is 1.89 bits per heavy atom. The number of aryl methyl sites for hydroxylation is 2. The van der Waals surface area contributed by atoms with Gasteiger partial charge in [0.1, 0.15) is 6.10 Å². The average Bonchev–Trinajstić information content (AvgIpc) is 2.37. The minimum Gasteiger partial charge on any atom is -0.469 e. The number of carbonyl (C=O) groups excluding carboxylic acids is 1. The fourth-order valence-electron chi connectivity index (χ4n) is 2.06. The van der Waals surface area contributed by atoms with Crippen LogP contribution in [0.4, 0.5) is 0 Å². The molecule has 19 heavy (non-hydrogen) atoms. The summed E-state index contributed by atoms with van der Waals surface area (Å²) in [6.45, 7) is 3.49. The van der Waals surface area contributed by atoms with Crippen LogP contribution >= 0.6 is 0 Å².